The average Bonchev–Trinajstić information content (AvgIpc) is 3.36. The fourth-order valence-electron chi connectivity index (χ4n) is 3.73. The van der Waals surface area contributed by atoms with Gasteiger partial charge in [0.25, 0.3) is 0 Å². The van der Waals surface area contributed by atoms with E-state index < -0.39 is 0 Å². The van der Waals surface area contributed by atoms with Gasteiger partial charge in [0.1, 0.15) is 6.26 Å². The molecule has 1 amide bonds. The zero-order chi connectivity index (χ0) is 18.9. The molecule has 1 saturated carbocycles. The zero-order valence-corrected chi connectivity index (χ0v) is 19.1. The molecule has 1 aliphatic heterocycles. The molecule has 28 heavy (non-hydrogen) atoms. The Kier molecular flexibility index (Phi) is 10.0. The summed E-state index contributed by atoms with van der Waals surface area (Å²) < 4.78 is 4.90. The lowest BCUT2D eigenvalue weighted by Crippen LogP contribution is -2.52. The molecule has 2 fully saturated rings. The van der Waals surface area contributed by atoms with Crippen LogP contribution in [0.3, 0.4) is 0 Å². The number of halogens is 1. The Hall–Kier alpha value is -1.36. The van der Waals surface area contributed by atoms with Crippen LogP contribution in [0.2, 0.25) is 0 Å². The number of rotatable bonds is 7. The molecule has 8 nitrogen and oxygen atoms in total. The van der Waals surface area contributed by atoms with Gasteiger partial charge in [-0.1, -0.05) is 18.0 Å². The lowest BCUT2D eigenvalue weighted by Gasteiger charge is -2.36. The molecule has 2 aliphatic rings. The van der Waals surface area contributed by atoms with Crippen molar-refractivity contribution in [2.24, 2.45) is 4.99 Å². The summed E-state index contributed by atoms with van der Waals surface area (Å²) in [7, 11) is 0. The molecular weight excluding hydrogens is 471 g/mol. The Morgan fingerprint density at radius 1 is 1.29 bits per heavy atom. The summed E-state index contributed by atoms with van der Waals surface area (Å²) in [6, 6.07) is 2.29. The summed E-state index contributed by atoms with van der Waals surface area (Å²) in [6.07, 6.45) is 6.78. The number of piperazine rings is 1. The van der Waals surface area contributed by atoms with Crippen molar-refractivity contribution >= 4 is 35.8 Å². The van der Waals surface area contributed by atoms with E-state index in [0.717, 1.165) is 63.8 Å². The van der Waals surface area contributed by atoms with Gasteiger partial charge in [-0.05, 0) is 19.8 Å². The van der Waals surface area contributed by atoms with E-state index in [0.29, 0.717) is 19.0 Å². The number of nitrogens with zero attached hydrogens (tertiary/aromatic N) is 4. The van der Waals surface area contributed by atoms with Gasteiger partial charge in [-0.15, -0.1) is 24.0 Å². The Morgan fingerprint density at radius 3 is 2.68 bits per heavy atom. The van der Waals surface area contributed by atoms with Crippen molar-refractivity contribution in [2.45, 2.75) is 51.6 Å². The third-order valence-corrected chi connectivity index (χ3v) is 5.20. The van der Waals surface area contributed by atoms with E-state index in [1.807, 2.05) is 6.07 Å². The largest absolute Gasteiger partial charge is 0.364 e. The Morgan fingerprint density at radius 2 is 2.04 bits per heavy atom. The second kappa shape index (κ2) is 12.3. The minimum atomic E-state index is 0. The van der Waals surface area contributed by atoms with E-state index >= 15 is 0 Å². The number of nitrogens with one attached hydrogen (secondary N) is 2. The Labute approximate surface area is 184 Å². The third-order valence-electron chi connectivity index (χ3n) is 5.20. The van der Waals surface area contributed by atoms with Crippen LogP contribution >= 0.6 is 24.0 Å². The summed E-state index contributed by atoms with van der Waals surface area (Å²) in [5.74, 6) is 1.03. The first-order valence-corrected chi connectivity index (χ1v) is 10.2. The van der Waals surface area contributed by atoms with Crippen LogP contribution in [-0.2, 0) is 11.3 Å². The van der Waals surface area contributed by atoms with Crippen LogP contribution in [0.15, 0.2) is 21.8 Å². The number of guanidine groups is 1. The Balaban J connectivity index is 0.00000280. The molecule has 0 spiro atoms. The fourth-order valence-corrected chi connectivity index (χ4v) is 3.73. The van der Waals surface area contributed by atoms with Crippen molar-refractivity contribution in [1.29, 1.82) is 0 Å². The van der Waals surface area contributed by atoms with Gasteiger partial charge in [-0.3, -0.25) is 14.7 Å². The van der Waals surface area contributed by atoms with Crippen molar-refractivity contribution in [3.05, 3.63) is 18.0 Å². The Bertz CT molecular complexity index is 596. The number of hydrogen-bond donors (Lipinski definition) is 2. The van der Waals surface area contributed by atoms with Crippen LogP contribution < -0.4 is 10.6 Å². The molecule has 1 aromatic heterocycles. The number of aromatic nitrogens is 1. The lowest BCUT2D eigenvalue weighted by molar-refractivity contribution is -0.121. The van der Waals surface area contributed by atoms with Crippen molar-refractivity contribution < 1.29 is 9.32 Å². The summed E-state index contributed by atoms with van der Waals surface area (Å²) in [5.41, 5.74) is 0.970. The zero-order valence-electron chi connectivity index (χ0n) is 16.7. The van der Waals surface area contributed by atoms with E-state index in [2.05, 4.69) is 37.5 Å². The minimum absolute atomic E-state index is 0. The average molecular weight is 504 g/mol. The van der Waals surface area contributed by atoms with Crippen molar-refractivity contribution in [1.82, 2.24) is 25.6 Å². The second-order valence-corrected chi connectivity index (χ2v) is 7.29. The number of hydrogen-bond acceptors (Lipinski definition) is 5. The van der Waals surface area contributed by atoms with E-state index in [9.17, 15) is 4.79 Å². The molecule has 0 aromatic carbocycles. The van der Waals surface area contributed by atoms with Crippen LogP contribution in [-0.4, -0.2) is 72.1 Å². The molecule has 0 bridgehead atoms. The summed E-state index contributed by atoms with van der Waals surface area (Å²) in [6.45, 7) is 7.99. The second-order valence-electron chi connectivity index (χ2n) is 7.29. The van der Waals surface area contributed by atoms with Gasteiger partial charge in [0, 0.05) is 57.8 Å². The highest BCUT2D eigenvalue weighted by atomic mass is 127. The summed E-state index contributed by atoms with van der Waals surface area (Å²) in [4.78, 5) is 21.4. The van der Waals surface area contributed by atoms with Crippen LogP contribution in [0, 0.1) is 0 Å². The van der Waals surface area contributed by atoms with E-state index in [-0.39, 0.29) is 29.9 Å². The van der Waals surface area contributed by atoms with Crippen molar-refractivity contribution in [3.8, 4) is 0 Å². The highest BCUT2D eigenvalue weighted by molar-refractivity contribution is 14.0. The maximum atomic E-state index is 12.1. The summed E-state index contributed by atoms with van der Waals surface area (Å²) in [5, 5.41) is 10.5. The van der Waals surface area contributed by atoms with Crippen molar-refractivity contribution in [2.75, 3.05) is 39.3 Å². The molecular formula is C19H33IN6O2. The van der Waals surface area contributed by atoms with Crippen LogP contribution in [0.1, 0.15) is 44.7 Å². The lowest BCUT2D eigenvalue weighted by atomic mass is 10.2. The smallest absolute Gasteiger partial charge is 0.222 e. The SMILES string of the molecule is CCNC(=NCCC(=O)NC1CCCC1)N1CCN(Cc2ccon2)CC1.I. The van der Waals surface area contributed by atoms with Crippen molar-refractivity contribution in [3.63, 3.8) is 0 Å². The van der Waals surface area contributed by atoms with Gasteiger partial charge in [0.2, 0.25) is 5.91 Å². The highest BCUT2D eigenvalue weighted by Crippen LogP contribution is 2.17. The molecule has 9 heteroatoms. The molecule has 1 aromatic rings. The molecule has 0 atom stereocenters. The minimum Gasteiger partial charge on any atom is -0.364 e. The van der Waals surface area contributed by atoms with Crippen LogP contribution in [0.25, 0.3) is 0 Å². The van der Waals surface area contributed by atoms with Gasteiger partial charge in [-0.25, -0.2) is 0 Å². The van der Waals surface area contributed by atoms with E-state index in [1.165, 1.54) is 12.8 Å². The van der Waals surface area contributed by atoms with Crippen LogP contribution in [0.5, 0.6) is 0 Å². The summed E-state index contributed by atoms with van der Waals surface area (Å²) >= 11 is 0. The first-order valence-electron chi connectivity index (χ1n) is 10.2. The third kappa shape index (κ3) is 7.23. The fraction of sp³-hybridized carbons (Fsp3) is 0.737. The first-order chi connectivity index (χ1) is 13.2. The number of aliphatic imine (C=N–C) groups is 1. The molecule has 2 heterocycles. The maximum absolute atomic E-state index is 12.1. The van der Waals surface area contributed by atoms with Gasteiger partial charge in [-0.2, -0.15) is 0 Å². The first kappa shape index (κ1) is 22.9. The van der Waals surface area contributed by atoms with Gasteiger partial charge in [0.15, 0.2) is 5.96 Å². The van der Waals surface area contributed by atoms with E-state index in [1.54, 1.807) is 6.26 Å². The number of carbonyl (C=O) groups is 1. The topological polar surface area (TPSA) is 86.0 Å². The van der Waals surface area contributed by atoms with E-state index in [4.69, 9.17) is 4.52 Å². The number of carbonyl (C=O) groups excluding carboxylic acids is 1. The molecule has 158 valence electrons. The quantitative estimate of drug-likeness (QED) is 0.335. The molecule has 0 radical (unpaired) electrons. The predicted molar refractivity (Wildman–Crippen MR) is 120 cm³/mol. The normalized spacial score (nSPS) is 18.8. The predicted octanol–water partition coefficient (Wildman–Crippen LogP) is 1.82. The van der Waals surface area contributed by atoms with Crippen LogP contribution in [0.4, 0.5) is 0 Å². The number of amides is 1. The van der Waals surface area contributed by atoms with Gasteiger partial charge >= 0.3 is 0 Å². The molecule has 0 unspecified atom stereocenters. The maximum Gasteiger partial charge on any atom is 0.222 e. The molecule has 1 saturated heterocycles. The standard InChI is InChI=1S/C19H32N6O2.HI/c1-2-20-19(21-9-7-18(26)22-16-5-3-4-6-16)25-12-10-24(11-13-25)15-17-8-14-27-23-17;/h8,14,16H,2-7,9-13,15H2,1H3,(H,20,21)(H,22,26);1H. The van der Waals surface area contributed by atoms with Gasteiger partial charge in [0.05, 0.1) is 12.2 Å². The molecule has 2 N–H and O–H groups in total. The molecule has 3 rings (SSSR count). The highest BCUT2D eigenvalue weighted by Gasteiger charge is 2.20. The van der Waals surface area contributed by atoms with Gasteiger partial charge < -0.3 is 20.1 Å². The monoisotopic (exact) mass is 504 g/mol. The molecule has 1 aliphatic carbocycles.